The highest BCUT2D eigenvalue weighted by atomic mass is 16.2. The maximum atomic E-state index is 12.6. The summed E-state index contributed by atoms with van der Waals surface area (Å²) in [6.45, 7) is 4.68. The number of fused-ring (bicyclic) bond motifs is 3. The lowest BCUT2D eigenvalue weighted by Crippen LogP contribution is -2.44. The van der Waals surface area contributed by atoms with Crippen molar-refractivity contribution in [2.24, 2.45) is 0 Å². The SMILES string of the molecule is Cc1ccc(C(=O)NC2CC3C(=O)Nc4ccccc4N3C2)cc1C. The van der Waals surface area contributed by atoms with E-state index in [2.05, 4.69) is 15.5 Å². The number of aryl methyl sites for hydroxylation is 2. The number of anilines is 2. The van der Waals surface area contributed by atoms with Gasteiger partial charge in [0.2, 0.25) is 5.91 Å². The third-order valence-corrected chi connectivity index (χ3v) is 5.18. The Bertz CT molecular complexity index is 862. The lowest BCUT2D eigenvalue weighted by Gasteiger charge is -2.32. The molecule has 0 aliphatic carbocycles. The molecule has 0 aromatic heterocycles. The number of nitrogens with zero attached hydrogens (tertiary/aromatic N) is 1. The van der Waals surface area contributed by atoms with Crippen LogP contribution in [0, 0.1) is 13.8 Å². The van der Waals surface area contributed by atoms with Crippen LogP contribution in [0.4, 0.5) is 11.4 Å². The van der Waals surface area contributed by atoms with Gasteiger partial charge in [-0.1, -0.05) is 18.2 Å². The monoisotopic (exact) mass is 335 g/mol. The molecule has 2 aromatic carbocycles. The van der Waals surface area contributed by atoms with Gasteiger partial charge in [-0.05, 0) is 55.7 Å². The van der Waals surface area contributed by atoms with E-state index in [0.717, 1.165) is 16.9 Å². The maximum absolute atomic E-state index is 12.6. The summed E-state index contributed by atoms with van der Waals surface area (Å²) in [5, 5.41) is 6.05. The fourth-order valence-electron chi connectivity index (χ4n) is 3.65. The van der Waals surface area contributed by atoms with Crippen LogP contribution in [0.15, 0.2) is 42.5 Å². The van der Waals surface area contributed by atoms with Crippen LogP contribution < -0.4 is 15.5 Å². The number of carbonyl (C=O) groups is 2. The van der Waals surface area contributed by atoms with Gasteiger partial charge in [-0.15, -0.1) is 0 Å². The molecular formula is C20H21N3O2. The summed E-state index contributed by atoms with van der Waals surface area (Å²) in [5.41, 5.74) is 4.80. The first kappa shape index (κ1) is 15.7. The number of carbonyl (C=O) groups excluding carboxylic acids is 2. The number of nitrogens with one attached hydrogen (secondary N) is 2. The minimum atomic E-state index is -0.222. The summed E-state index contributed by atoms with van der Waals surface area (Å²) in [7, 11) is 0. The zero-order valence-corrected chi connectivity index (χ0v) is 14.4. The standard InChI is InChI=1S/C20H21N3O2/c1-12-7-8-14(9-13(12)2)19(24)21-15-10-18-20(25)22-16-5-3-4-6-17(16)23(18)11-15/h3-9,15,18H,10-11H2,1-2H3,(H,21,24)(H,22,25). The molecule has 1 fully saturated rings. The number of amides is 2. The number of para-hydroxylation sites is 2. The second-order valence-electron chi connectivity index (χ2n) is 6.88. The van der Waals surface area contributed by atoms with Crippen LogP contribution in [0.1, 0.15) is 27.9 Å². The number of rotatable bonds is 2. The highest BCUT2D eigenvalue weighted by Crippen LogP contribution is 2.36. The van der Waals surface area contributed by atoms with E-state index >= 15 is 0 Å². The van der Waals surface area contributed by atoms with Crippen LogP contribution in [0.2, 0.25) is 0 Å². The van der Waals surface area contributed by atoms with E-state index in [4.69, 9.17) is 0 Å². The van der Waals surface area contributed by atoms with Gasteiger partial charge in [0, 0.05) is 18.2 Å². The fourth-order valence-corrected chi connectivity index (χ4v) is 3.65. The molecule has 0 bridgehead atoms. The molecule has 4 rings (SSSR count). The first-order valence-corrected chi connectivity index (χ1v) is 8.57. The molecule has 2 N–H and O–H groups in total. The van der Waals surface area contributed by atoms with Gasteiger partial charge >= 0.3 is 0 Å². The summed E-state index contributed by atoms with van der Waals surface area (Å²) in [6.07, 6.45) is 0.622. The highest BCUT2D eigenvalue weighted by Gasteiger charge is 2.41. The first-order chi connectivity index (χ1) is 12.0. The van der Waals surface area contributed by atoms with Crippen molar-refractivity contribution in [3.63, 3.8) is 0 Å². The minimum Gasteiger partial charge on any atom is -0.356 e. The van der Waals surface area contributed by atoms with Crippen molar-refractivity contribution >= 4 is 23.2 Å². The maximum Gasteiger partial charge on any atom is 0.251 e. The van der Waals surface area contributed by atoms with E-state index < -0.39 is 0 Å². The van der Waals surface area contributed by atoms with Gasteiger partial charge in [0.25, 0.3) is 5.91 Å². The molecule has 2 aliphatic heterocycles. The van der Waals surface area contributed by atoms with Gasteiger partial charge in [-0.3, -0.25) is 9.59 Å². The smallest absolute Gasteiger partial charge is 0.251 e. The predicted molar refractivity (Wildman–Crippen MR) is 98.0 cm³/mol. The molecule has 25 heavy (non-hydrogen) atoms. The van der Waals surface area contributed by atoms with Crippen LogP contribution in [0.3, 0.4) is 0 Å². The molecule has 5 nitrogen and oxygen atoms in total. The summed E-state index contributed by atoms with van der Waals surface area (Å²) < 4.78 is 0. The van der Waals surface area contributed by atoms with Gasteiger partial charge in [-0.2, -0.15) is 0 Å². The molecule has 0 saturated carbocycles. The molecule has 128 valence electrons. The third-order valence-electron chi connectivity index (χ3n) is 5.18. The van der Waals surface area contributed by atoms with Crippen molar-refractivity contribution < 1.29 is 9.59 Å². The van der Waals surface area contributed by atoms with Crippen LogP contribution in [0.5, 0.6) is 0 Å². The quantitative estimate of drug-likeness (QED) is 0.887. The second kappa shape index (κ2) is 5.92. The Kier molecular flexibility index (Phi) is 3.71. The molecule has 2 amide bonds. The number of hydrogen-bond donors (Lipinski definition) is 2. The highest BCUT2D eigenvalue weighted by molar-refractivity contribution is 6.04. The third kappa shape index (κ3) is 2.76. The normalized spacial score (nSPS) is 21.4. The zero-order valence-electron chi connectivity index (χ0n) is 14.4. The topological polar surface area (TPSA) is 61.4 Å². The Labute approximate surface area is 147 Å². The van der Waals surface area contributed by atoms with E-state index in [0.29, 0.717) is 18.5 Å². The molecule has 2 unspecified atom stereocenters. The largest absolute Gasteiger partial charge is 0.356 e. The molecule has 0 spiro atoms. The van der Waals surface area contributed by atoms with Crippen molar-refractivity contribution in [2.75, 3.05) is 16.8 Å². The van der Waals surface area contributed by atoms with E-state index in [9.17, 15) is 9.59 Å². The summed E-state index contributed by atoms with van der Waals surface area (Å²) in [6, 6.07) is 13.3. The van der Waals surface area contributed by atoms with E-state index in [1.165, 1.54) is 5.56 Å². The first-order valence-electron chi connectivity index (χ1n) is 8.57. The molecule has 0 radical (unpaired) electrons. The van der Waals surface area contributed by atoms with Crippen molar-refractivity contribution in [3.05, 3.63) is 59.2 Å². The number of benzene rings is 2. The lowest BCUT2D eigenvalue weighted by molar-refractivity contribution is -0.117. The van der Waals surface area contributed by atoms with Gasteiger partial charge in [-0.25, -0.2) is 0 Å². The summed E-state index contributed by atoms with van der Waals surface area (Å²) in [5.74, 6) is -0.0803. The average molecular weight is 335 g/mol. The lowest BCUT2D eigenvalue weighted by atomic mass is 10.1. The Balaban J connectivity index is 1.52. The van der Waals surface area contributed by atoms with Crippen LogP contribution in [-0.4, -0.2) is 30.4 Å². The summed E-state index contributed by atoms with van der Waals surface area (Å²) >= 11 is 0. The molecular weight excluding hydrogens is 314 g/mol. The predicted octanol–water partition coefficient (Wildman–Crippen LogP) is 2.63. The molecule has 2 aromatic rings. The Hall–Kier alpha value is -2.82. The van der Waals surface area contributed by atoms with Crippen molar-refractivity contribution in [2.45, 2.75) is 32.4 Å². The van der Waals surface area contributed by atoms with Crippen molar-refractivity contribution in [1.29, 1.82) is 0 Å². The Morgan fingerprint density at radius 2 is 1.96 bits per heavy atom. The van der Waals surface area contributed by atoms with Crippen LogP contribution in [0.25, 0.3) is 0 Å². The molecule has 2 aliphatic rings. The van der Waals surface area contributed by atoms with Gasteiger partial charge in [0.1, 0.15) is 6.04 Å². The minimum absolute atomic E-state index is 0.00151. The zero-order chi connectivity index (χ0) is 17.6. The van der Waals surface area contributed by atoms with Gasteiger partial charge in [0.15, 0.2) is 0 Å². The van der Waals surface area contributed by atoms with Crippen molar-refractivity contribution in [3.8, 4) is 0 Å². The van der Waals surface area contributed by atoms with Gasteiger partial charge < -0.3 is 15.5 Å². The molecule has 2 heterocycles. The molecule has 1 saturated heterocycles. The fraction of sp³-hybridized carbons (Fsp3) is 0.300. The van der Waals surface area contributed by atoms with Crippen LogP contribution in [-0.2, 0) is 4.79 Å². The van der Waals surface area contributed by atoms with Crippen LogP contribution >= 0.6 is 0 Å². The van der Waals surface area contributed by atoms with E-state index in [-0.39, 0.29) is 23.9 Å². The van der Waals surface area contributed by atoms with Crippen molar-refractivity contribution in [1.82, 2.24) is 5.32 Å². The van der Waals surface area contributed by atoms with E-state index in [1.54, 1.807) is 0 Å². The second-order valence-corrected chi connectivity index (χ2v) is 6.88. The average Bonchev–Trinajstić information content (AvgIpc) is 3.02. The van der Waals surface area contributed by atoms with Gasteiger partial charge in [0.05, 0.1) is 11.4 Å². The van der Waals surface area contributed by atoms with E-state index in [1.807, 2.05) is 56.3 Å². The number of hydrogen-bond acceptors (Lipinski definition) is 3. The molecule has 5 heteroatoms. The Morgan fingerprint density at radius 1 is 1.16 bits per heavy atom. The Morgan fingerprint density at radius 3 is 2.76 bits per heavy atom. The summed E-state index contributed by atoms with van der Waals surface area (Å²) in [4.78, 5) is 27.0. The molecule has 2 atom stereocenters.